The molecule has 6 heteroatoms. The fraction of sp³-hybridized carbons (Fsp3) is 0.143. The number of para-hydroxylation sites is 1. The molecular weight excluding hydrogens is 364 g/mol. The first-order valence-electron chi connectivity index (χ1n) is 8.45. The van der Waals surface area contributed by atoms with Crippen molar-refractivity contribution < 1.29 is 14.6 Å². The standard InChI is InChI=1S/C21H17ClN2O3/c1-12-15(10-21(25)26)16-9-13(27-2)7-8-19(16)24(12)20-11-17(22)14-5-3-4-6-18(14)23-20/h3-9,11H,10H2,1-2H3,(H,25,26). The molecule has 0 radical (unpaired) electrons. The van der Waals surface area contributed by atoms with Crippen molar-refractivity contribution in [3.63, 3.8) is 0 Å². The zero-order valence-electron chi connectivity index (χ0n) is 14.9. The first kappa shape index (κ1) is 17.4. The van der Waals surface area contributed by atoms with Crippen LogP contribution in [0.15, 0.2) is 48.5 Å². The Hall–Kier alpha value is -3.05. The van der Waals surface area contributed by atoms with Crippen molar-refractivity contribution in [2.75, 3.05) is 7.11 Å². The van der Waals surface area contributed by atoms with E-state index < -0.39 is 5.97 Å². The lowest BCUT2D eigenvalue weighted by Gasteiger charge is -2.10. The van der Waals surface area contributed by atoms with Crippen molar-refractivity contribution in [1.82, 2.24) is 9.55 Å². The number of rotatable bonds is 4. The molecule has 0 atom stereocenters. The van der Waals surface area contributed by atoms with E-state index in [1.54, 1.807) is 7.11 Å². The summed E-state index contributed by atoms with van der Waals surface area (Å²) in [4.78, 5) is 16.2. The molecule has 2 heterocycles. The van der Waals surface area contributed by atoms with Gasteiger partial charge in [-0.3, -0.25) is 9.36 Å². The molecule has 0 amide bonds. The van der Waals surface area contributed by atoms with Gasteiger partial charge in [0.25, 0.3) is 0 Å². The number of fused-ring (bicyclic) bond motifs is 2. The average Bonchev–Trinajstić information content (AvgIpc) is 2.92. The van der Waals surface area contributed by atoms with E-state index in [-0.39, 0.29) is 6.42 Å². The maximum absolute atomic E-state index is 11.4. The molecule has 0 aliphatic heterocycles. The van der Waals surface area contributed by atoms with Crippen LogP contribution in [-0.4, -0.2) is 27.7 Å². The molecule has 0 bridgehead atoms. The molecule has 4 rings (SSSR count). The SMILES string of the molecule is COc1ccc2c(c1)c(CC(=O)O)c(C)n2-c1cc(Cl)c2ccccc2n1. The first-order valence-corrected chi connectivity index (χ1v) is 8.82. The summed E-state index contributed by atoms with van der Waals surface area (Å²) in [7, 11) is 1.59. The number of pyridine rings is 1. The Bertz CT molecular complexity index is 1200. The second-order valence-electron chi connectivity index (χ2n) is 6.33. The lowest BCUT2D eigenvalue weighted by Crippen LogP contribution is -2.04. The van der Waals surface area contributed by atoms with Gasteiger partial charge in [-0.1, -0.05) is 29.8 Å². The lowest BCUT2D eigenvalue weighted by atomic mass is 10.1. The number of halogens is 1. The Labute approximate surface area is 160 Å². The van der Waals surface area contributed by atoms with E-state index >= 15 is 0 Å². The number of carboxylic acids is 1. The third kappa shape index (κ3) is 2.90. The number of benzene rings is 2. The van der Waals surface area contributed by atoms with Crippen LogP contribution in [0.2, 0.25) is 5.02 Å². The molecular formula is C21H17ClN2O3. The molecule has 2 aromatic heterocycles. The van der Waals surface area contributed by atoms with Crippen molar-refractivity contribution in [3.8, 4) is 11.6 Å². The van der Waals surface area contributed by atoms with E-state index in [2.05, 4.69) is 0 Å². The highest BCUT2D eigenvalue weighted by Crippen LogP contribution is 2.33. The fourth-order valence-electron chi connectivity index (χ4n) is 3.49. The molecule has 4 aromatic rings. The molecule has 0 aliphatic carbocycles. The third-order valence-electron chi connectivity index (χ3n) is 4.75. The molecule has 0 spiro atoms. The Morgan fingerprint density at radius 1 is 1.19 bits per heavy atom. The van der Waals surface area contributed by atoms with Gasteiger partial charge >= 0.3 is 5.97 Å². The van der Waals surface area contributed by atoms with Crippen LogP contribution in [0.1, 0.15) is 11.3 Å². The Kier molecular flexibility index (Phi) is 4.24. The van der Waals surface area contributed by atoms with Gasteiger partial charge in [0.1, 0.15) is 11.6 Å². The molecule has 0 fully saturated rings. The number of aromatic nitrogens is 2. The summed E-state index contributed by atoms with van der Waals surface area (Å²) in [6.45, 7) is 1.90. The third-order valence-corrected chi connectivity index (χ3v) is 5.06. The minimum atomic E-state index is -0.885. The van der Waals surface area contributed by atoms with E-state index in [0.29, 0.717) is 16.6 Å². The number of hydrogen-bond donors (Lipinski definition) is 1. The molecule has 0 saturated heterocycles. The number of carboxylic acid groups (broad SMARTS) is 1. The van der Waals surface area contributed by atoms with Crippen molar-refractivity contribution in [2.24, 2.45) is 0 Å². The van der Waals surface area contributed by atoms with Crippen LogP contribution in [0, 0.1) is 6.92 Å². The topological polar surface area (TPSA) is 64.3 Å². The summed E-state index contributed by atoms with van der Waals surface area (Å²) in [5.74, 6) is 0.447. The summed E-state index contributed by atoms with van der Waals surface area (Å²) in [5.41, 5.74) is 3.21. The second-order valence-corrected chi connectivity index (χ2v) is 6.74. The van der Waals surface area contributed by atoms with Crippen molar-refractivity contribution in [3.05, 3.63) is 64.8 Å². The summed E-state index contributed by atoms with van der Waals surface area (Å²) in [5, 5.41) is 11.7. The molecule has 2 aromatic carbocycles. The molecule has 1 N–H and O–H groups in total. The number of carbonyl (C=O) groups is 1. The predicted molar refractivity (Wildman–Crippen MR) is 106 cm³/mol. The Morgan fingerprint density at radius 2 is 1.96 bits per heavy atom. The van der Waals surface area contributed by atoms with Crippen molar-refractivity contribution >= 4 is 39.4 Å². The summed E-state index contributed by atoms with van der Waals surface area (Å²) in [6, 6.07) is 15.1. The molecule has 0 saturated carbocycles. The number of hydrogen-bond acceptors (Lipinski definition) is 3. The van der Waals surface area contributed by atoms with Gasteiger partial charge in [-0.05, 0) is 36.8 Å². The van der Waals surface area contributed by atoms with Gasteiger partial charge in [-0.15, -0.1) is 0 Å². The molecule has 27 heavy (non-hydrogen) atoms. The minimum absolute atomic E-state index is 0.0795. The van der Waals surface area contributed by atoms with Crippen LogP contribution in [-0.2, 0) is 11.2 Å². The van der Waals surface area contributed by atoms with Crippen LogP contribution in [0.25, 0.3) is 27.6 Å². The van der Waals surface area contributed by atoms with E-state index in [1.807, 2.05) is 60.0 Å². The van der Waals surface area contributed by atoms with Crippen LogP contribution >= 0.6 is 11.6 Å². The zero-order chi connectivity index (χ0) is 19.1. The van der Waals surface area contributed by atoms with Crippen LogP contribution in [0.3, 0.4) is 0 Å². The first-order chi connectivity index (χ1) is 13.0. The molecule has 0 aliphatic rings. The van der Waals surface area contributed by atoms with Gasteiger partial charge in [-0.25, -0.2) is 4.98 Å². The fourth-order valence-corrected chi connectivity index (χ4v) is 3.75. The Morgan fingerprint density at radius 3 is 2.70 bits per heavy atom. The smallest absolute Gasteiger partial charge is 0.307 e. The number of aliphatic carboxylic acids is 1. The zero-order valence-corrected chi connectivity index (χ0v) is 15.6. The average molecular weight is 381 g/mol. The van der Waals surface area contributed by atoms with Gasteiger partial charge < -0.3 is 9.84 Å². The summed E-state index contributed by atoms with van der Waals surface area (Å²) in [6.07, 6.45) is -0.0795. The van der Waals surface area contributed by atoms with Crippen molar-refractivity contribution in [2.45, 2.75) is 13.3 Å². The second kappa shape index (κ2) is 6.59. The number of nitrogens with zero attached hydrogens (tertiary/aromatic N) is 2. The highest BCUT2D eigenvalue weighted by Gasteiger charge is 2.19. The van der Waals surface area contributed by atoms with Gasteiger partial charge in [-0.2, -0.15) is 0 Å². The van der Waals surface area contributed by atoms with Crippen molar-refractivity contribution in [1.29, 1.82) is 0 Å². The molecule has 0 unspecified atom stereocenters. The van der Waals surface area contributed by atoms with Gasteiger partial charge in [0, 0.05) is 22.5 Å². The highest BCUT2D eigenvalue weighted by molar-refractivity contribution is 6.35. The largest absolute Gasteiger partial charge is 0.497 e. The van der Waals surface area contributed by atoms with E-state index in [9.17, 15) is 9.90 Å². The van der Waals surface area contributed by atoms with Crippen LogP contribution in [0.5, 0.6) is 5.75 Å². The van der Waals surface area contributed by atoms with Crippen LogP contribution < -0.4 is 4.74 Å². The normalized spacial score (nSPS) is 11.2. The maximum Gasteiger partial charge on any atom is 0.307 e. The molecule has 5 nitrogen and oxygen atoms in total. The van der Waals surface area contributed by atoms with Gasteiger partial charge in [0.15, 0.2) is 0 Å². The van der Waals surface area contributed by atoms with E-state index in [4.69, 9.17) is 21.3 Å². The van der Waals surface area contributed by atoms with Gasteiger partial charge in [0.2, 0.25) is 0 Å². The summed E-state index contributed by atoms with van der Waals surface area (Å²) >= 11 is 6.49. The van der Waals surface area contributed by atoms with Crippen LogP contribution in [0.4, 0.5) is 0 Å². The number of methoxy groups -OCH3 is 1. The monoisotopic (exact) mass is 380 g/mol. The van der Waals surface area contributed by atoms with E-state index in [0.717, 1.165) is 33.1 Å². The van der Waals surface area contributed by atoms with E-state index in [1.165, 1.54) is 0 Å². The minimum Gasteiger partial charge on any atom is -0.497 e. The lowest BCUT2D eigenvalue weighted by molar-refractivity contribution is -0.136. The maximum atomic E-state index is 11.4. The predicted octanol–water partition coefficient (Wildman–Crippen LogP) is 4.78. The quantitative estimate of drug-likeness (QED) is 0.553. The summed E-state index contributed by atoms with van der Waals surface area (Å²) < 4.78 is 7.27. The Balaban J connectivity index is 2.04. The highest BCUT2D eigenvalue weighted by atomic mass is 35.5. The van der Waals surface area contributed by atoms with Gasteiger partial charge in [0.05, 0.1) is 29.6 Å². The number of ether oxygens (including phenoxy) is 1. The molecule has 136 valence electrons.